The molecule has 0 atom stereocenters. The quantitative estimate of drug-likeness (QED) is 0.865. The Morgan fingerprint density at radius 2 is 1.95 bits per heavy atom. The molecule has 2 aromatic rings. The van der Waals surface area contributed by atoms with E-state index in [1.165, 1.54) is 0 Å². The molecule has 0 radical (unpaired) electrons. The van der Waals surface area contributed by atoms with Gasteiger partial charge in [0.1, 0.15) is 5.75 Å². The van der Waals surface area contributed by atoms with Crippen LogP contribution in [0.1, 0.15) is 36.5 Å². The third kappa shape index (κ3) is 2.05. The van der Waals surface area contributed by atoms with Crippen molar-refractivity contribution in [3.63, 3.8) is 0 Å². The van der Waals surface area contributed by atoms with Crippen LogP contribution < -0.4 is 5.32 Å². The summed E-state index contributed by atoms with van der Waals surface area (Å²) in [4.78, 5) is 12.2. The van der Waals surface area contributed by atoms with Crippen LogP contribution in [0, 0.1) is 0 Å². The maximum atomic E-state index is 12.2. The Morgan fingerprint density at radius 3 is 2.63 bits per heavy atom. The molecule has 1 amide bonds. The minimum atomic E-state index is -0.189. The first-order chi connectivity index (χ1) is 9.09. The van der Waals surface area contributed by atoms with E-state index >= 15 is 0 Å². The minimum absolute atomic E-state index is 0.0681. The second kappa shape index (κ2) is 4.26. The number of carbonyl (C=O) groups is 1. The van der Waals surface area contributed by atoms with E-state index in [1.54, 1.807) is 6.07 Å². The van der Waals surface area contributed by atoms with Gasteiger partial charge < -0.3 is 10.4 Å². The SMILES string of the molecule is CC1(NC(=O)c2ccc3ccccc3c2O)CCC1. The number of hydrogen-bond donors (Lipinski definition) is 2. The topological polar surface area (TPSA) is 49.3 Å². The van der Waals surface area contributed by atoms with Crippen molar-refractivity contribution in [2.45, 2.75) is 31.7 Å². The van der Waals surface area contributed by atoms with Crippen molar-refractivity contribution in [1.82, 2.24) is 5.32 Å². The summed E-state index contributed by atoms with van der Waals surface area (Å²) >= 11 is 0. The lowest BCUT2D eigenvalue weighted by molar-refractivity contribution is 0.0848. The van der Waals surface area contributed by atoms with E-state index in [9.17, 15) is 9.90 Å². The van der Waals surface area contributed by atoms with Crippen LogP contribution in [0.3, 0.4) is 0 Å². The molecule has 2 N–H and O–H groups in total. The molecule has 0 aliphatic heterocycles. The summed E-state index contributed by atoms with van der Waals surface area (Å²) in [6.07, 6.45) is 3.17. The first kappa shape index (κ1) is 12.0. The fraction of sp³-hybridized carbons (Fsp3) is 0.312. The zero-order valence-electron chi connectivity index (χ0n) is 10.9. The van der Waals surface area contributed by atoms with Gasteiger partial charge in [0.05, 0.1) is 5.56 Å². The molecule has 19 heavy (non-hydrogen) atoms. The molecule has 0 saturated heterocycles. The Bertz CT molecular complexity index is 644. The van der Waals surface area contributed by atoms with E-state index in [4.69, 9.17) is 0 Å². The van der Waals surface area contributed by atoms with Crippen LogP contribution in [0.2, 0.25) is 0 Å². The number of aromatic hydroxyl groups is 1. The predicted molar refractivity (Wildman–Crippen MR) is 75.3 cm³/mol. The van der Waals surface area contributed by atoms with Gasteiger partial charge in [-0.3, -0.25) is 4.79 Å². The summed E-state index contributed by atoms with van der Waals surface area (Å²) in [5.41, 5.74) is 0.252. The zero-order valence-corrected chi connectivity index (χ0v) is 10.9. The highest BCUT2D eigenvalue weighted by Crippen LogP contribution is 2.33. The Hall–Kier alpha value is -2.03. The molecule has 3 rings (SSSR count). The fourth-order valence-electron chi connectivity index (χ4n) is 2.61. The van der Waals surface area contributed by atoms with Crippen molar-refractivity contribution in [2.75, 3.05) is 0 Å². The van der Waals surface area contributed by atoms with Gasteiger partial charge in [0, 0.05) is 10.9 Å². The van der Waals surface area contributed by atoms with Gasteiger partial charge in [-0.05, 0) is 37.6 Å². The van der Waals surface area contributed by atoms with Crippen molar-refractivity contribution >= 4 is 16.7 Å². The largest absolute Gasteiger partial charge is 0.506 e. The lowest BCUT2D eigenvalue weighted by Crippen LogP contribution is -2.50. The first-order valence-electron chi connectivity index (χ1n) is 6.62. The van der Waals surface area contributed by atoms with Crippen LogP contribution in [0.15, 0.2) is 36.4 Å². The number of phenols is 1. The van der Waals surface area contributed by atoms with Gasteiger partial charge >= 0.3 is 0 Å². The summed E-state index contributed by atoms with van der Waals surface area (Å²) in [6.45, 7) is 2.05. The summed E-state index contributed by atoms with van der Waals surface area (Å²) < 4.78 is 0. The minimum Gasteiger partial charge on any atom is -0.506 e. The Morgan fingerprint density at radius 1 is 1.21 bits per heavy atom. The van der Waals surface area contributed by atoms with Gasteiger partial charge in [-0.2, -0.15) is 0 Å². The molecule has 3 nitrogen and oxygen atoms in total. The van der Waals surface area contributed by atoms with Gasteiger partial charge in [0.25, 0.3) is 5.91 Å². The third-order valence-electron chi connectivity index (χ3n) is 4.02. The highest BCUT2D eigenvalue weighted by atomic mass is 16.3. The number of nitrogens with one attached hydrogen (secondary N) is 1. The molecule has 2 aromatic carbocycles. The Kier molecular flexibility index (Phi) is 2.70. The molecule has 1 aliphatic rings. The van der Waals surface area contributed by atoms with Crippen LogP contribution in [0.4, 0.5) is 0 Å². The monoisotopic (exact) mass is 255 g/mol. The van der Waals surface area contributed by atoms with E-state index in [0.29, 0.717) is 10.9 Å². The number of fused-ring (bicyclic) bond motifs is 1. The predicted octanol–water partition coefficient (Wildman–Crippen LogP) is 3.22. The van der Waals surface area contributed by atoms with Crippen LogP contribution in [0.5, 0.6) is 5.75 Å². The standard InChI is InChI=1S/C16H17NO2/c1-16(9-4-10-16)17-15(19)13-8-7-11-5-2-3-6-12(11)14(13)18/h2-3,5-8,18H,4,9-10H2,1H3,(H,17,19). The number of rotatable bonds is 2. The normalized spacial score (nSPS) is 16.9. The van der Waals surface area contributed by atoms with Crippen LogP contribution in [-0.2, 0) is 0 Å². The van der Waals surface area contributed by atoms with Crippen LogP contribution in [-0.4, -0.2) is 16.6 Å². The molecular weight excluding hydrogens is 238 g/mol. The number of hydrogen-bond acceptors (Lipinski definition) is 2. The molecule has 1 fully saturated rings. The highest BCUT2D eigenvalue weighted by Gasteiger charge is 2.33. The highest BCUT2D eigenvalue weighted by molar-refractivity contribution is 6.03. The van der Waals surface area contributed by atoms with Gasteiger partial charge in [-0.15, -0.1) is 0 Å². The molecule has 0 bridgehead atoms. The maximum absolute atomic E-state index is 12.2. The molecule has 0 spiro atoms. The first-order valence-corrected chi connectivity index (χ1v) is 6.62. The second-order valence-electron chi connectivity index (χ2n) is 5.55. The molecule has 0 unspecified atom stereocenters. The summed E-state index contributed by atoms with van der Waals surface area (Å²) in [5, 5.41) is 14.9. The summed E-state index contributed by atoms with van der Waals surface area (Å²) in [7, 11) is 0. The van der Waals surface area contributed by atoms with Crippen molar-refractivity contribution in [3.05, 3.63) is 42.0 Å². The van der Waals surface area contributed by atoms with Crippen molar-refractivity contribution in [1.29, 1.82) is 0 Å². The number of phenolic OH excluding ortho intramolecular Hbond substituents is 1. The molecule has 98 valence electrons. The average Bonchev–Trinajstić information content (AvgIpc) is 2.37. The van der Waals surface area contributed by atoms with Gasteiger partial charge in [-0.25, -0.2) is 0 Å². The summed E-state index contributed by atoms with van der Waals surface area (Å²) in [5.74, 6) is -0.121. The van der Waals surface area contributed by atoms with Crippen LogP contribution >= 0.6 is 0 Å². The van der Waals surface area contributed by atoms with Gasteiger partial charge in [0.2, 0.25) is 0 Å². The van der Waals surface area contributed by atoms with Gasteiger partial charge in [-0.1, -0.05) is 30.3 Å². The number of amides is 1. The fourth-order valence-corrected chi connectivity index (χ4v) is 2.61. The molecule has 1 aliphatic carbocycles. The van der Waals surface area contributed by atoms with Crippen molar-refractivity contribution in [2.24, 2.45) is 0 Å². The van der Waals surface area contributed by atoms with Gasteiger partial charge in [0.15, 0.2) is 0 Å². The molecule has 1 saturated carbocycles. The second-order valence-corrected chi connectivity index (χ2v) is 5.55. The van der Waals surface area contributed by atoms with E-state index in [1.807, 2.05) is 37.3 Å². The number of benzene rings is 2. The maximum Gasteiger partial charge on any atom is 0.255 e. The summed E-state index contributed by atoms with van der Waals surface area (Å²) in [6, 6.07) is 11.1. The molecule has 0 aromatic heterocycles. The average molecular weight is 255 g/mol. The van der Waals surface area contributed by atoms with E-state index in [0.717, 1.165) is 24.6 Å². The lowest BCUT2D eigenvalue weighted by atomic mass is 9.78. The zero-order chi connectivity index (χ0) is 13.5. The van der Waals surface area contributed by atoms with Crippen LogP contribution in [0.25, 0.3) is 10.8 Å². The number of carbonyl (C=O) groups excluding carboxylic acids is 1. The third-order valence-corrected chi connectivity index (χ3v) is 4.02. The van der Waals surface area contributed by atoms with E-state index in [-0.39, 0.29) is 17.2 Å². The van der Waals surface area contributed by atoms with E-state index < -0.39 is 0 Å². The Balaban J connectivity index is 1.96. The molecular formula is C16H17NO2. The smallest absolute Gasteiger partial charge is 0.255 e. The lowest BCUT2D eigenvalue weighted by Gasteiger charge is -2.39. The Labute approximate surface area is 112 Å². The molecule has 0 heterocycles. The molecule has 3 heteroatoms. The van der Waals surface area contributed by atoms with Crippen molar-refractivity contribution in [3.8, 4) is 5.75 Å². The van der Waals surface area contributed by atoms with E-state index in [2.05, 4.69) is 5.32 Å². The van der Waals surface area contributed by atoms with Crippen molar-refractivity contribution < 1.29 is 9.90 Å².